The lowest BCUT2D eigenvalue weighted by atomic mass is 10.2. The van der Waals surface area contributed by atoms with Crippen LogP contribution in [0, 0.1) is 13.8 Å². The summed E-state index contributed by atoms with van der Waals surface area (Å²) in [6, 6.07) is -0.0383. The van der Waals surface area contributed by atoms with Crippen molar-refractivity contribution in [2.24, 2.45) is 0 Å². The zero-order valence-corrected chi connectivity index (χ0v) is 10.8. The summed E-state index contributed by atoms with van der Waals surface area (Å²) in [6.07, 6.45) is 3.08. The molecule has 0 saturated heterocycles. The van der Waals surface area contributed by atoms with E-state index in [2.05, 4.69) is 20.5 Å². The van der Waals surface area contributed by atoms with E-state index < -0.39 is 0 Å². The Balaban J connectivity index is 2.09. The van der Waals surface area contributed by atoms with E-state index in [9.17, 15) is 4.79 Å². The molecule has 0 aromatic carbocycles. The van der Waals surface area contributed by atoms with Crippen LogP contribution in [-0.4, -0.2) is 21.1 Å². The molecule has 0 aliphatic carbocycles. The predicted molar refractivity (Wildman–Crippen MR) is 66.1 cm³/mol. The van der Waals surface area contributed by atoms with Gasteiger partial charge in [0.25, 0.3) is 5.91 Å². The Labute approximate surface area is 103 Å². The van der Waals surface area contributed by atoms with Crippen molar-refractivity contribution in [2.75, 3.05) is 0 Å². The van der Waals surface area contributed by atoms with Gasteiger partial charge in [0.1, 0.15) is 0 Å². The lowest BCUT2D eigenvalue weighted by Crippen LogP contribution is -2.26. The van der Waals surface area contributed by atoms with Crippen LogP contribution < -0.4 is 5.32 Å². The fourth-order valence-electron chi connectivity index (χ4n) is 1.67. The van der Waals surface area contributed by atoms with E-state index in [1.165, 1.54) is 6.20 Å². The number of H-pyrrole nitrogens is 1. The zero-order valence-electron chi connectivity index (χ0n) is 9.94. The van der Waals surface area contributed by atoms with Crippen molar-refractivity contribution in [1.82, 2.24) is 20.5 Å². The molecule has 0 aliphatic heterocycles. The number of thiazole rings is 1. The molecule has 2 N–H and O–H groups in total. The monoisotopic (exact) mass is 250 g/mol. The smallest absolute Gasteiger partial charge is 0.254 e. The first-order valence-electron chi connectivity index (χ1n) is 5.31. The van der Waals surface area contributed by atoms with E-state index in [1.54, 1.807) is 17.5 Å². The first-order chi connectivity index (χ1) is 8.08. The highest BCUT2D eigenvalue weighted by Crippen LogP contribution is 2.24. The molecule has 2 aromatic rings. The quantitative estimate of drug-likeness (QED) is 0.875. The van der Waals surface area contributed by atoms with Gasteiger partial charge >= 0.3 is 0 Å². The van der Waals surface area contributed by atoms with Gasteiger partial charge in [-0.3, -0.25) is 9.89 Å². The third-order valence-corrected chi connectivity index (χ3v) is 3.70. The highest BCUT2D eigenvalue weighted by Gasteiger charge is 2.16. The highest BCUT2D eigenvalue weighted by molar-refractivity contribution is 7.11. The molecule has 90 valence electrons. The summed E-state index contributed by atoms with van der Waals surface area (Å²) in [4.78, 5) is 17.3. The van der Waals surface area contributed by atoms with E-state index >= 15 is 0 Å². The van der Waals surface area contributed by atoms with Crippen LogP contribution >= 0.6 is 11.3 Å². The summed E-state index contributed by atoms with van der Waals surface area (Å²) < 4.78 is 0. The minimum Gasteiger partial charge on any atom is -0.345 e. The Morgan fingerprint density at radius 1 is 1.53 bits per heavy atom. The largest absolute Gasteiger partial charge is 0.345 e. The van der Waals surface area contributed by atoms with Crippen molar-refractivity contribution >= 4 is 17.2 Å². The van der Waals surface area contributed by atoms with Gasteiger partial charge in [-0.2, -0.15) is 5.10 Å². The van der Waals surface area contributed by atoms with E-state index in [1.807, 2.05) is 20.8 Å². The Bertz CT molecular complexity index is 518. The Kier molecular flexibility index (Phi) is 3.23. The number of carbonyl (C=O) groups excluding carboxylic acids is 1. The molecule has 17 heavy (non-hydrogen) atoms. The molecule has 2 rings (SSSR count). The maximum absolute atomic E-state index is 11.8. The average molecular weight is 250 g/mol. The maximum atomic E-state index is 11.8. The van der Waals surface area contributed by atoms with Crippen molar-refractivity contribution in [2.45, 2.75) is 26.8 Å². The fourth-order valence-corrected chi connectivity index (χ4v) is 2.60. The SMILES string of the molecule is Cc1nc(C)c(C(C)NC(=O)c2cn[nH]c2)s1. The zero-order chi connectivity index (χ0) is 12.4. The van der Waals surface area contributed by atoms with Crippen LogP contribution in [0.5, 0.6) is 0 Å². The minimum absolute atomic E-state index is 0.0383. The van der Waals surface area contributed by atoms with Crippen LogP contribution in [0.1, 0.15) is 38.9 Å². The number of aryl methyl sites for hydroxylation is 2. The van der Waals surface area contributed by atoms with Crippen LogP contribution in [0.25, 0.3) is 0 Å². The van der Waals surface area contributed by atoms with Gasteiger partial charge in [-0.1, -0.05) is 0 Å². The van der Waals surface area contributed by atoms with Gasteiger partial charge in [-0.15, -0.1) is 11.3 Å². The topological polar surface area (TPSA) is 70.7 Å². The van der Waals surface area contributed by atoms with E-state index in [-0.39, 0.29) is 11.9 Å². The van der Waals surface area contributed by atoms with Gasteiger partial charge in [0.05, 0.1) is 28.5 Å². The highest BCUT2D eigenvalue weighted by atomic mass is 32.1. The van der Waals surface area contributed by atoms with Crippen molar-refractivity contribution in [3.05, 3.63) is 33.5 Å². The third-order valence-electron chi connectivity index (χ3n) is 2.44. The molecule has 0 saturated carbocycles. The predicted octanol–water partition coefficient (Wildman–Crippen LogP) is 1.97. The number of amides is 1. The van der Waals surface area contributed by atoms with Crippen LogP contribution in [0.15, 0.2) is 12.4 Å². The van der Waals surface area contributed by atoms with E-state index in [0.29, 0.717) is 5.56 Å². The van der Waals surface area contributed by atoms with Gasteiger partial charge in [0, 0.05) is 11.1 Å². The molecule has 0 radical (unpaired) electrons. The summed E-state index contributed by atoms with van der Waals surface area (Å²) in [7, 11) is 0. The molecule has 5 nitrogen and oxygen atoms in total. The van der Waals surface area contributed by atoms with Gasteiger partial charge in [0.2, 0.25) is 0 Å². The molecule has 6 heteroatoms. The number of carbonyl (C=O) groups is 1. The number of rotatable bonds is 3. The standard InChI is InChI=1S/C11H14N4OS/c1-6-10(17-8(3)14-6)7(2)15-11(16)9-4-12-13-5-9/h4-5,7H,1-3H3,(H,12,13)(H,15,16). The third kappa shape index (κ3) is 2.52. The first kappa shape index (κ1) is 11.8. The lowest BCUT2D eigenvalue weighted by molar-refractivity contribution is 0.0940. The van der Waals surface area contributed by atoms with E-state index in [0.717, 1.165) is 15.6 Å². The molecule has 2 aromatic heterocycles. The molecule has 1 amide bonds. The number of aromatic nitrogens is 3. The summed E-state index contributed by atoms with van der Waals surface area (Å²) >= 11 is 1.61. The molecular formula is C11H14N4OS. The average Bonchev–Trinajstić information content (AvgIpc) is 2.87. The van der Waals surface area contributed by atoms with Gasteiger partial charge in [0.15, 0.2) is 0 Å². The van der Waals surface area contributed by atoms with Gasteiger partial charge in [-0.05, 0) is 20.8 Å². The minimum atomic E-state index is -0.128. The number of nitrogens with one attached hydrogen (secondary N) is 2. The molecule has 1 atom stereocenters. The maximum Gasteiger partial charge on any atom is 0.254 e. The second-order valence-electron chi connectivity index (χ2n) is 3.86. The Morgan fingerprint density at radius 3 is 2.82 bits per heavy atom. The summed E-state index contributed by atoms with van der Waals surface area (Å²) in [6.45, 7) is 5.88. The van der Waals surface area contributed by atoms with Crippen LogP contribution in [0.2, 0.25) is 0 Å². The van der Waals surface area contributed by atoms with Crippen LogP contribution in [0.3, 0.4) is 0 Å². The van der Waals surface area contributed by atoms with Crippen LogP contribution in [0.4, 0.5) is 0 Å². The fraction of sp³-hybridized carbons (Fsp3) is 0.364. The molecule has 0 bridgehead atoms. The van der Waals surface area contributed by atoms with Crippen molar-refractivity contribution < 1.29 is 4.79 Å². The molecular weight excluding hydrogens is 236 g/mol. The summed E-state index contributed by atoms with van der Waals surface area (Å²) in [5.41, 5.74) is 1.52. The summed E-state index contributed by atoms with van der Waals surface area (Å²) in [5, 5.41) is 10.3. The van der Waals surface area contributed by atoms with Crippen LogP contribution in [-0.2, 0) is 0 Å². The number of hydrogen-bond donors (Lipinski definition) is 2. The number of aromatic amines is 1. The Hall–Kier alpha value is -1.69. The second-order valence-corrected chi connectivity index (χ2v) is 5.10. The van der Waals surface area contributed by atoms with E-state index in [4.69, 9.17) is 0 Å². The molecule has 2 heterocycles. The molecule has 0 spiro atoms. The second kappa shape index (κ2) is 4.67. The first-order valence-corrected chi connectivity index (χ1v) is 6.13. The number of nitrogens with zero attached hydrogens (tertiary/aromatic N) is 2. The molecule has 0 fully saturated rings. The van der Waals surface area contributed by atoms with Crippen molar-refractivity contribution in [3.63, 3.8) is 0 Å². The molecule has 1 unspecified atom stereocenters. The van der Waals surface area contributed by atoms with Gasteiger partial charge in [-0.25, -0.2) is 4.98 Å². The van der Waals surface area contributed by atoms with Gasteiger partial charge < -0.3 is 5.32 Å². The van der Waals surface area contributed by atoms with Crippen molar-refractivity contribution in [3.8, 4) is 0 Å². The number of hydrogen-bond acceptors (Lipinski definition) is 4. The van der Waals surface area contributed by atoms with Crippen molar-refractivity contribution in [1.29, 1.82) is 0 Å². The lowest BCUT2D eigenvalue weighted by Gasteiger charge is -2.11. The Morgan fingerprint density at radius 2 is 2.29 bits per heavy atom. The molecule has 0 aliphatic rings. The normalized spacial score (nSPS) is 12.4. The summed E-state index contributed by atoms with van der Waals surface area (Å²) in [5.74, 6) is -0.128.